The van der Waals surface area contributed by atoms with Gasteiger partial charge in [-0.25, -0.2) is 0 Å². The van der Waals surface area contributed by atoms with Gasteiger partial charge in [0.15, 0.2) is 0 Å². The number of amides is 6. The number of carbonyl (C=O) groups is 6. The van der Waals surface area contributed by atoms with Crippen LogP contribution >= 0.6 is 0 Å². The van der Waals surface area contributed by atoms with Crippen LogP contribution in [0.2, 0.25) is 0 Å². The van der Waals surface area contributed by atoms with Gasteiger partial charge in [0.1, 0.15) is 12.1 Å². The van der Waals surface area contributed by atoms with E-state index in [0.717, 1.165) is 53.8 Å². The quantitative estimate of drug-likeness (QED) is 0.0433. The second-order valence-corrected chi connectivity index (χ2v) is 19.2. The van der Waals surface area contributed by atoms with Gasteiger partial charge in [-0.15, -0.1) is 0 Å². The molecule has 3 aromatic carbocycles. The topological polar surface area (TPSA) is 236 Å². The number of nitrogens with one attached hydrogen (secondary N) is 6. The zero-order valence-electron chi connectivity index (χ0n) is 47.0. The number of allylic oxidation sites excluding steroid dienone is 2. The summed E-state index contributed by atoms with van der Waals surface area (Å²) in [5.41, 5.74) is 18.9. The summed E-state index contributed by atoms with van der Waals surface area (Å²) in [5.74, 6) is -1.75. The predicted molar refractivity (Wildman–Crippen MR) is 304 cm³/mol. The first kappa shape index (κ1) is 64.4. The Morgan fingerprint density at radius 3 is 1.89 bits per heavy atom. The van der Waals surface area contributed by atoms with E-state index in [1.165, 1.54) is 16.9 Å². The Bertz CT molecular complexity index is 2280. The normalized spacial score (nSPS) is 16.8. The lowest BCUT2D eigenvalue weighted by molar-refractivity contribution is -0.137. The van der Waals surface area contributed by atoms with Crippen LogP contribution in [0.5, 0.6) is 0 Å². The fourth-order valence-electron chi connectivity index (χ4n) is 8.12. The lowest BCUT2D eigenvalue weighted by Gasteiger charge is -2.29. The fraction of sp³-hybridized carbons (Fsp3) is 0.517. The van der Waals surface area contributed by atoms with E-state index in [4.69, 9.17) is 11.5 Å². The van der Waals surface area contributed by atoms with Crippen LogP contribution < -0.4 is 43.4 Å². The molecule has 2 fully saturated rings. The van der Waals surface area contributed by atoms with E-state index in [2.05, 4.69) is 101 Å². The highest BCUT2D eigenvalue weighted by molar-refractivity contribution is 5.92. The van der Waals surface area contributed by atoms with Crippen molar-refractivity contribution < 1.29 is 28.8 Å². The van der Waals surface area contributed by atoms with Crippen LogP contribution in [0.4, 0.5) is 5.69 Å². The standard InChI is InChI=1S/C38H62N10O5.C9H11NO.C8H10.C3H8/c1-9-11-13-31(46-14-15-47(22-46)38(53)34(23(3)4)45-37(52)25(6)42-8)27-16-26(17-28(39)18-27)30(12-10-2)44-29-19-32(35(40)50)48(21-29)33(49)20-43-36(51)24(5)41-7;1-8(10-7-11)9-5-3-2-4-6-9;1-2-8-6-4-3-5-7-8;1-3-2/h12-13,16-18,23-25,29,32,34,41-42,44H,9-11,14-15,19-22,39H2,1-8H3,(H2,40,50)(H,43,51)(H,45,52);2-8H,1H3,(H,10,11);3-7H,2H2,1H3;3H2,1-2H3/b30-12+,31-13-;;;/t24?,25-,29?,32?,34?;;;/m0.../s1. The van der Waals surface area contributed by atoms with Crippen molar-refractivity contribution in [1.82, 2.24) is 46.6 Å². The summed E-state index contributed by atoms with van der Waals surface area (Å²) in [6, 6.07) is 23.6. The third kappa shape index (κ3) is 21.6. The molecule has 0 aromatic heterocycles. The smallest absolute Gasteiger partial charge is 0.246 e. The number of aryl methyl sites for hydroxylation is 1. The van der Waals surface area contributed by atoms with Gasteiger partial charge in [0.05, 0.1) is 31.3 Å². The molecule has 2 heterocycles. The Balaban J connectivity index is 0.000000714. The molecule has 75 heavy (non-hydrogen) atoms. The molecule has 0 saturated carbocycles. The molecular formula is C58H91N11O6. The molecule has 2 saturated heterocycles. The van der Waals surface area contributed by atoms with Crippen LogP contribution in [0.1, 0.15) is 130 Å². The number of anilines is 1. The van der Waals surface area contributed by atoms with E-state index in [-0.39, 0.29) is 54.7 Å². The van der Waals surface area contributed by atoms with Crippen LogP contribution in [-0.2, 0) is 35.2 Å². The van der Waals surface area contributed by atoms with Crippen LogP contribution in [0.25, 0.3) is 11.4 Å². The number of unbranched alkanes of at least 4 members (excludes halogenated alkanes) is 1. The van der Waals surface area contributed by atoms with E-state index in [1.807, 2.05) is 82.3 Å². The van der Waals surface area contributed by atoms with Gasteiger partial charge >= 0.3 is 0 Å². The van der Waals surface area contributed by atoms with Gasteiger partial charge < -0.3 is 58.1 Å². The number of primary amides is 1. The number of likely N-dealkylation sites (tertiary alicyclic amines) is 1. The summed E-state index contributed by atoms with van der Waals surface area (Å²) in [4.78, 5) is 79.8. The highest BCUT2D eigenvalue weighted by atomic mass is 16.2. The summed E-state index contributed by atoms with van der Waals surface area (Å²) in [6.45, 7) is 21.3. The second kappa shape index (κ2) is 34.7. The summed E-state index contributed by atoms with van der Waals surface area (Å²) in [6.07, 6.45) is 10.1. The van der Waals surface area contributed by atoms with Crippen LogP contribution in [0.3, 0.4) is 0 Å². The first-order valence-electron chi connectivity index (χ1n) is 26.8. The van der Waals surface area contributed by atoms with E-state index >= 15 is 0 Å². The summed E-state index contributed by atoms with van der Waals surface area (Å²) in [5, 5.41) is 17.6. The first-order valence-corrected chi connectivity index (χ1v) is 26.8. The van der Waals surface area contributed by atoms with Crippen molar-refractivity contribution in [1.29, 1.82) is 0 Å². The average molecular weight is 1040 g/mol. The molecular weight excluding hydrogens is 947 g/mol. The minimum Gasteiger partial charge on any atom is -0.399 e. The number of hydrogen-bond donors (Lipinski definition) is 8. The molecule has 0 spiro atoms. The zero-order valence-corrected chi connectivity index (χ0v) is 47.0. The van der Waals surface area contributed by atoms with Gasteiger partial charge in [-0.2, -0.15) is 0 Å². The van der Waals surface area contributed by atoms with Gasteiger partial charge in [0.2, 0.25) is 35.9 Å². The first-order chi connectivity index (χ1) is 35.8. The Kier molecular flexibility index (Phi) is 29.8. The number of benzene rings is 3. The van der Waals surface area contributed by atoms with Crippen molar-refractivity contribution in [3.8, 4) is 0 Å². The lowest BCUT2D eigenvalue weighted by Crippen LogP contribution is -2.54. The molecule has 6 atom stereocenters. The van der Waals surface area contributed by atoms with E-state index in [9.17, 15) is 28.8 Å². The number of hydrogen-bond acceptors (Lipinski definition) is 11. The number of likely N-dealkylation sites (N-methyl/N-ethyl adjacent to an activating group) is 2. The van der Waals surface area contributed by atoms with E-state index in [0.29, 0.717) is 38.3 Å². The summed E-state index contributed by atoms with van der Waals surface area (Å²) < 4.78 is 0. The molecule has 10 N–H and O–H groups in total. The van der Waals surface area contributed by atoms with E-state index in [1.54, 1.807) is 32.8 Å². The van der Waals surface area contributed by atoms with Crippen LogP contribution in [-0.4, -0.2) is 128 Å². The fourth-order valence-corrected chi connectivity index (χ4v) is 8.12. The maximum absolute atomic E-state index is 13.8. The van der Waals surface area contributed by atoms with E-state index < -0.39 is 30.1 Å². The number of nitrogen functional groups attached to an aromatic ring is 1. The Hall–Kier alpha value is -6.72. The number of nitrogens with zero attached hydrogens (tertiary/aromatic N) is 3. The molecule has 3 aromatic rings. The van der Waals surface area contributed by atoms with Gasteiger partial charge in [-0.05, 0) is 101 Å². The largest absolute Gasteiger partial charge is 0.399 e. The minimum absolute atomic E-state index is 0.0937. The highest BCUT2D eigenvalue weighted by Crippen LogP contribution is 2.30. The molecule has 17 heteroatoms. The highest BCUT2D eigenvalue weighted by Gasteiger charge is 2.39. The maximum Gasteiger partial charge on any atom is 0.246 e. The molecule has 5 unspecified atom stereocenters. The summed E-state index contributed by atoms with van der Waals surface area (Å²) in [7, 11) is 3.36. The molecule has 5 rings (SSSR count). The molecule has 2 aliphatic heterocycles. The molecule has 2 aliphatic rings. The Labute approximate surface area is 448 Å². The lowest BCUT2D eigenvalue weighted by atomic mass is 10.0. The third-order valence-electron chi connectivity index (χ3n) is 12.7. The maximum atomic E-state index is 13.8. The van der Waals surface area contributed by atoms with Crippen molar-refractivity contribution in [2.24, 2.45) is 11.7 Å². The molecule has 6 amide bonds. The second-order valence-electron chi connectivity index (χ2n) is 19.2. The number of carbonyl (C=O) groups excluding carboxylic acids is 6. The number of nitrogens with two attached hydrogens (primary N) is 2. The molecule has 0 radical (unpaired) electrons. The van der Waals surface area contributed by atoms with Crippen molar-refractivity contribution in [3.05, 3.63) is 113 Å². The monoisotopic (exact) mass is 1040 g/mol. The molecule has 0 bridgehead atoms. The van der Waals surface area contributed by atoms with Crippen LogP contribution in [0.15, 0.2) is 91.0 Å². The van der Waals surface area contributed by atoms with Crippen LogP contribution in [0, 0.1) is 5.92 Å². The van der Waals surface area contributed by atoms with Gasteiger partial charge in [0, 0.05) is 48.3 Å². The van der Waals surface area contributed by atoms with Crippen molar-refractivity contribution >= 4 is 53.0 Å². The summed E-state index contributed by atoms with van der Waals surface area (Å²) >= 11 is 0. The van der Waals surface area contributed by atoms with Crippen molar-refractivity contribution in [3.63, 3.8) is 0 Å². The molecule has 17 nitrogen and oxygen atoms in total. The average Bonchev–Trinajstić information content (AvgIpc) is 4.08. The van der Waals surface area contributed by atoms with Gasteiger partial charge in [0.25, 0.3) is 0 Å². The van der Waals surface area contributed by atoms with Crippen molar-refractivity contribution in [2.75, 3.05) is 52.7 Å². The molecule has 414 valence electrons. The Morgan fingerprint density at radius 1 is 0.773 bits per heavy atom. The molecule has 0 aliphatic carbocycles. The predicted octanol–water partition coefficient (Wildman–Crippen LogP) is 5.94. The zero-order chi connectivity index (χ0) is 56.0. The Morgan fingerprint density at radius 2 is 1.36 bits per heavy atom. The minimum atomic E-state index is -0.822. The third-order valence-corrected chi connectivity index (χ3v) is 12.7. The number of rotatable bonds is 22. The van der Waals surface area contributed by atoms with Crippen molar-refractivity contribution in [2.45, 2.75) is 144 Å². The van der Waals surface area contributed by atoms with Gasteiger partial charge in [-0.1, -0.05) is 134 Å². The van der Waals surface area contributed by atoms with Gasteiger partial charge in [-0.3, -0.25) is 28.8 Å². The SMILES string of the molecule is CC(NC=O)c1ccccc1.CC/C=C(/NC1CC(C(N)=O)N(C(=O)CNC(=O)C(C)NC)C1)c1cc(N)cc(/C(=C/CCC)N2CCN(C(=O)C(NC(=O)[C@H](C)NC)C(C)C)C2)c1.CCC.CCc1ccccc1.